The number of hydrogen-bond acceptors (Lipinski definition) is 3. The molecule has 0 spiro atoms. The van der Waals surface area contributed by atoms with Crippen molar-refractivity contribution in [1.82, 2.24) is 10.3 Å². The Bertz CT molecular complexity index is 470. The molecule has 6 heteroatoms. The zero-order chi connectivity index (χ0) is 12.8. The maximum absolute atomic E-state index is 11.8. The highest BCUT2D eigenvalue weighted by atomic mass is 32.1. The molecule has 1 atom stereocenters. The van der Waals surface area contributed by atoms with Gasteiger partial charge in [-0.1, -0.05) is 25.2 Å². The molecule has 5 nitrogen and oxygen atoms in total. The second-order valence-corrected chi connectivity index (χ2v) is 4.20. The maximum Gasteiger partial charge on any atom is 0.268 e. The third-order valence-electron chi connectivity index (χ3n) is 2.29. The monoisotopic (exact) mass is 253 g/mol. The molecule has 1 amide bonds. The first-order valence-corrected chi connectivity index (χ1v) is 5.72. The van der Waals surface area contributed by atoms with Crippen LogP contribution in [0, 0.1) is 0 Å². The van der Waals surface area contributed by atoms with Crippen LogP contribution >= 0.6 is 12.2 Å². The first-order valence-electron chi connectivity index (χ1n) is 5.31. The van der Waals surface area contributed by atoms with Crippen molar-refractivity contribution in [3.63, 3.8) is 0 Å². The Kier molecular flexibility index (Phi) is 4.84. The van der Waals surface area contributed by atoms with Gasteiger partial charge in [-0.05, 0) is 12.5 Å². The van der Waals surface area contributed by atoms with Crippen LogP contribution in [-0.2, 0) is 0 Å². The summed E-state index contributed by atoms with van der Waals surface area (Å²) < 4.78 is 0. The highest BCUT2D eigenvalue weighted by molar-refractivity contribution is 7.80. The van der Waals surface area contributed by atoms with Crippen molar-refractivity contribution in [1.29, 1.82) is 0 Å². The van der Waals surface area contributed by atoms with Crippen molar-refractivity contribution in [2.75, 3.05) is 0 Å². The van der Waals surface area contributed by atoms with Crippen molar-refractivity contribution >= 4 is 23.1 Å². The Morgan fingerprint density at radius 1 is 1.59 bits per heavy atom. The summed E-state index contributed by atoms with van der Waals surface area (Å²) in [5.41, 5.74) is 5.36. The van der Waals surface area contributed by atoms with Crippen molar-refractivity contribution in [2.45, 2.75) is 25.8 Å². The standard InChI is InChI=1S/C11H15N3O2S/c1-2-7(6-9(12)17)13-11(16)8-4-3-5-10(15)14-8/h3-5,7H,2,6H2,1H3,(H2,12,17)(H,13,16)(H,14,15). The first kappa shape index (κ1) is 13.4. The summed E-state index contributed by atoms with van der Waals surface area (Å²) in [4.78, 5) is 25.7. The SMILES string of the molecule is CCC(CC(N)=S)NC(=O)c1cccc(=O)[nH]1. The van der Waals surface area contributed by atoms with E-state index in [4.69, 9.17) is 18.0 Å². The number of thiocarbonyl (C=S) groups is 1. The van der Waals surface area contributed by atoms with E-state index in [2.05, 4.69) is 10.3 Å². The molecule has 0 bridgehead atoms. The van der Waals surface area contributed by atoms with E-state index in [1.807, 2.05) is 6.92 Å². The van der Waals surface area contributed by atoms with Crippen molar-refractivity contribution in [3.8, 4) is 0 Å². The summed E-state index contributed by atoms with van der Waals surface area (Å²) in [6.07, 6.45) is 1.18. The van der Waals surface area contributed by atoms with E-state index in [1.165, 1.54) is 12.1 Å². The Morgan fingerprint density at radius 3 is 2.82 bits per heavy atom. The molecule has 0 radical (unpaired) electrons. The second-order valence-electron chi connectivity index (χ2n) is 3.68. The number of hydrogen-bond donors (Lipinski definition) is 3. The number of carbonyl (C=O) groups excluding carboxylic acids is 1. The fourth-order valence-corrected chi connectivity index (χ4v) is 1.58. The summed E-state index contributed by atoms with van der Waals surface area (Å²) in [7, 11) is 0. The molecule has 0 saturated carbocycles. The third-order valence-corrected chi connectivity index (χ3v) is 2.46. The highest BCUT2D eigenvalue weighted by Gasteiger charge is 2.13. The molecule has 0 aliphatic rings. The lowest BCUT2D eigenvalue weighted by atomic mass is 10.1. The van der Waals surface area contributed by atoms with Crippen molar-refractivity contribution in [2.24, 2.45) is 5.73 Å². The smallest absolute Gasteiger partial charge is 0.268 e. The third kappa shape index (κ3) is 4.36. The lowest BCUT2D eigenvalue weighted by Gasteiger charge is -2.15. The van der Waals surface area contributed by atoms with Gasteiger partial charge in [-0.2, -0.15) is 0 Å². The lowest BCUT2D eigenvalue weighted by Crippen LogP contribution is -2.37. The number of amides is 1. The molecular weight excluding hydrogens is 238 g/mol. The van der Waals surface area contributed by atoms with Crippen LogP contribution in [-0.4, -0.2) is 21.9 Å². The summed E-state index contributed by atoms with van der Waals surface area (Å²) >= 11 is 4.80. The number of carbonyl (C=O) groups is 1. The van der Waals surface area contributed by atoms with E-state index < -0.39 is 0 Å². The fraction of sp³-hybridized carbons (Fsp3) is 0.364. The van der Waals surface area contributed by atoms with Crippen LogP contribution in [0.3, 0.4) is 0 Å². The molecule has 1 aromatic heterocycles. The molecule has 4 N–H and O–H groups in total. The minimum Gasteiger partial charge on any atom is -0.393 e. The van der Waals surface area contributed by atoms with E-state index in [1.54, 1.807) is 6.07 Å². The molecular formula is C11H15N3O2S. The van der Waals surface area contributed by atoms with E-state index in [9.17, 15) is 9.59 Å². The molecule has 1 aromatic rings. The molecule has 1 heterocycles. The van der Waals surface area contributed by atoms with Gasteiger partial charge in [0.15, 0.2) is 0 Å². The number of aromatic nitrogens is 1. The number of H-pyrrole nitrogens is 1. The lowest BCUT2D eigenvalue weighted by molar-refractivity contribution is 0.0932. The molecule has 1 rings (SSSR count). The Hall–Kier alpha value is -1.69. The van der Waals surface area contributed by atoms with Crippen LogP contribution in [0.5, 0.6) is 0 Å². The molecule has 0 fully saturated rings. The highest BCUT2D eigenvalue weighted by Crippen LogP contribution is 2.00. The van der Waals surface area contributed by atoms with Gasteiger partial charge in [-0.3, -0.25) is 9.59 Å². The molecule has 17 heavy (non-hydrogen) atoms. The van der Waals surface area contributed by atoms with E-state index in [0.717, 1.165) is 6.42 Å². The van der Waals surface area contributed by atoms with Crippen LogP contribution in [0.1, 0.15) is 30.3 Å². The topological polar surface area (TPSA) is 88.0 Å². The van der Waals surface area contributed by atoms with Gasteiger partial charge < -0.3 is 16.0 Å². The average Bonchev–Trinajstić information content (AvgIpc) is 2.27. The zero-order valence-electron chi connectivity index (χ0n) is 9.53. The minimum atomic E-state index is -0.328. The van der Waals surface area contributed by atoms with Gasteiger partial charge in [0.1, 0.15) is 5.69 Å². The van der Waals surface area contributed by atoms with Crippen LogP contribution in [0.15, 0.2) is 23.0 Å². The van der Waals surface area contributed by atoms with Crippen LogP contribution in [0.25, 0.3) is 0 Å². The Morgan fingerprint density at radius 2 is 2.29 bits per heavy atom. The predicted octanol–water partition coefficient (Wildman–Crippen LogP) is 0.560. The summed E-state index contributed by atoms with van der Waals surface area (Å²) in [5, 5.41) is 2.76. The number of nitrogens with one attached hydrogen (secondary N) is 2. The van der Waals surface area contributed by atoms with Gasteiger partial charge in [0.25, 0.3) is 5.91 Å². The van der Waals surface area contributed by atoms with Gasteiger partial charge in [0.05, 0.1) is 4.99 Å². The van der Waals surface area contributed by atoms with Crippen LogP contribution in [0.4, 0.5) is 0 Å². The zero-order valence-corrected chi connectivity index (χ0v) is 10.3. The summed E-state index contributed by atoms with van der Waals surface area (Å²) in [6, 6.07) is 4.32. The number of nitrogens with two attached hydrogens (primary N) is 1. The fourth-order valence-electron chi connectivity index (χ4n) is 1.38. The Labute approximate surface area is 104 Å². The quantitative estimate of drug-likeness (QED) is 0.669. The molecule has 92 valence electrons. The van der Waals surface area contributed by atoms with Gasteiger partial charge in [0, 0.05) is 18.5 Å². The number of aromatic amines is 1. The maximum atomic E-state index is 11.8. The normalized spacial score (nSPS) is 11.8. The van der Waals surface area contributed by atoms with Crippen molar-refractivity contribution in [3.05, 3.63) is 34.2 Å². The molecule has 0 aliphatic heterocycles. The molecule has 1 unspecified atom stereocenters. The summed E-state index contributed by atoms with van der Waals surface area (Å²) in [5.74, 6) is -0.328. The van der Waals surface area contributed by atoms with Crippen molar-refractivity contribution < 1.29 is 4.79 Å². The van der Waals surface area contributed by atoms with Crippen LogP contribution in [0.2, 0.25) is 0 Å². The van der Waals surface area contributed by atoms with Gasteiger partial charge in [0.2, 0.25) is 5.56 Å². The average molecular weight is 253 g/mol. The summed E-state index contributed by atoms with van der Waals surface area (Å²) in [6.45, 7) is 1.93. The van der Waals surface area contributed by atoms with E-state index >= 15 is 0 Å². The van der Waals surface area contributed by atoms with Gasteiger partial charge in [-0.15, -0.1) is 0 Å². The van der Waals surface area contributed by atoms with E-state index in [-0.39, 0.29) is 23.2 Å². The largest absolute Gasteiger partial charge is 0.393 e. The van der Waals surface area contributed by atoms with Crippen LogP contribution < -0.4 is 16.6 Å². The molecule has 0 aliphatic carbocycles. The Balaban J connectivity index is 2.71. The minimum absolute atomic E-state index is 0.108. The molecule has 0 aromatic carbocycles. The second kappa shape index (κ2) is 6.15. The predicted molar refractivity (Wildman–Crippen MR) is 70.0 cm³/mol. The van der Waals surface area contributed by atoms with Gasteiger partial charge >= 0.3 is 0 Å². The molecule has 0 saturated heterocycles. The number of pyridine rings is 1. The van der Waals surface area contributed by atoms with Gasteiger partial charge in [-0.25, -0.2) is 0 Å². The first-order chi connectivity index (χ1) is 8.02. The number of rotatable bonds is 5. The van der Waals surface area contributed by atoms with E-state index in [0.29, 0.717) is 11.4 Å².